The van der Waals surface area contributed by atoms with Crippen molar-refractivity contribution in [3.63, 3.8) is 0 Å². The lowest BCUT2D eigenvalue weighted by Gasteiger charge is -2.58. The van der Waals surface area contributed by atoms with Crippen molar-refractivity contribution in [2.45, 2.75) is 172 Å². The summed E-state index contributed by atoms with van der Waals surface area (Å²) in [6.07, 6.45) is 7.74. The van der Waals surface area contributed by atoms with Crippen molar-refractivity contribution in [2.24, 2.45) is 56.6 Å². The summed E-state index contributed by atoms with van der Waals surface area (Å²) in [5.74, 6) is -48.1. The van der Waals surface area contributed by atoms with E-state index in [2.05, 4.69) is 55.7 Å². The molecule has 0 heterocycles. The first-order valence-corrected chi connectivity index (χ1v) is 25.1. The highest BCUT2D eigenvalue weighted by atomic mass is 19.4. The number of ether oxygens (including phenoxy) is 3. The molecule has 0 N–H and O–H groups in total. The Morgan fingerprint density at radius 3 is 1.96 bits per heavy atom. The summed E-state index contributed by atoms with van der Waals surface area (Å²) in [5, 5.41) is 7.02. The Hall–Kier alpha value is -4.34. The number of halogens is 17. The Labute approximate surface area is 423 Å². The molecule has 0 aliphatic heterocycles. The molecule has 3 saturated carbocycles. The fourth-order valence-corrected chi connectivity index (χ4v) is 12.2. The lowest BCUT2D eigenvalue weighted by atomic mass is 9.47. The van der Waals surface area contributed by atoms with Gasteiger partial charge in [-0.05, 0) is 141 Å². The number of carbonyl (C=O) groups excluding carboxylic acids is 1. The van der Waals surface area contributed by atoms with Crippen LogP contribution in [-0.2, 0) is 9.53 Å². The van der Waals surface area contributed by atoms with Crippen LogP contribution in [0.25, 0.3) is 0 Å². The van der Waals surface area contributed by atoms with E-state index in [4.69, 9.17) is 9.47 Å². The molecule has 2 aromatic carbocycles. The van der Waals surface area contributed by atoms with E-state index in [-0.39, 0.29) is 42.6 Å². The predicted octanol–water partition coefficient (Wildman–Crippen LogP) is 17.6. The monoisotopic (exact) mass is 1100 g/mol. The van der Waals surface area contributed by atoms with Crippen LogP contribution in [0.15, 0.2) is 58.3 Å². The van der Waals surface area contributed by atoms with Gasteiger partial charge in [0.25, 0.3) is 0 Å². The van der Waals surface area contributed by atoms with E-state index < -0.39 is 77.1 Å². The van der Waals surface area contributed by atoms with E-state index in [1.165, 1.54) is 50.5 Å². The van der Waals surface area contributed by atoms with Crippen LogP contribution in [0.4, 0.5) is 86.0 Å². The molecule has 75 heavy (non-hydrogen) atoms. The highest BCUT2D eigenvalue weighted by molar-refractivity contribution is 5.69. The number of azo groups is 1. The van der Waals surface area contributed by atoms with Gasteiger partial charge in [0.15, 0.2) is 18.2 Å². The minimum Gasteiger partial charge on any atom is -0.490 e. The largest absolute Gasteiger partial charge is 0.490 e. The molecular formula is C52H61F17N2O4. The highest BCUT2D eigenvalue weighted by Crippen LogP contribution is 2.68. The number of esters is 1. The van der Waals surface area contributed by atoms with Gasteiger partial charge in [0.05, 0.1) is 12.3 Å². The molecule has 2 aromatic rings. The fraction of sp³-hybridized carbons (Fsp3) is 0.712. The molecule has 0 bridgehead atoms. The van der Waals surface area contributed by atoms with Crippen molar-refractivity contribution >= 4 is 17.3 Å². The third-order valence-electron chi connectivity index (χ3n) is 16.5. The second kappa shape index (κ2) is 21.8. The molecule has 0 unspecified atom stereocenters. The predicted molar refractivity (Wildman–Crippen MR) is 240 cm³/mol. The zero-order valence-corrected chi connectivity index (χ0v) is 41.8. The molecule has 0 spiro atoms. The Kier molecular flexibility index (Phi) is 17.4. The minimum atomic E-state index is -8.42. The number of carbonyl (C=O) groups is 1. The van der Waals surface area contributed by atoms with Gasteiger partial charge in [-0.15, -0.1) is 5.11 Å². The van der Waals surface area contributed by atoms with Crippen LogP contribution in [0.1, 0.15) is 125 Å². The number of rotatable bonds is 22. The van der Waals surface area contributed by atoms with E-state index in [1.54, 1.807) is 0 Å². The zero-order chi connectivity index (χ0) is 56.0. The standard InChI is InChI=1S/C52H61F17N2O4/c1-29(2)9-8-10-30(3)36-18-19-37-35-17-12-31-27-34(22-24-44(31,4)38(35)23-25-45(36,37)5)75-41(72)11-6-7-26-73-40-21-20-39(42(53)43(40)54)71-70-32-13-15-33(16-14-32)74-28-46(55,56)47(57,58)48(59,60)49(61,62)50(63,64)51(65,66)52(67,68)69/h12-16,20-21,29-30,34-38H,6-11,17-19,22-28H2,1-5H3/t30-,34+,35+,36-,37+,38+,44+,45-/m1/s1. The first kappa shape index (κ1) is 59.9. The van der Waals surface area contributed by atoms with Crippen molar-refractivity contribution in [3.8, 4) is 11.5 Å². The summed E-state index contributed by atoms with van der Waals surface area (Å²) < 4.78 is 247. The van der Waals surface area contributed by atoms with Crippen LogP contribution in [0.3, 0.4) is 0 Å². The number of alkyl halides is 15. The van der Waals surface area contributed by atoms with E-state index >= 15 is 0 Å². The summed E-state index contributed by atoms with van der Waals surface area (Å²) in [6.45, 7) is 8.91. The molecule has 8 atom stereocenters. The number of unbranched alkanes of at least 4 members (excludes halogenated alkanes) is 1. The molecular weight excluding hydrogens is 1040 g/mol. The Bertz CT molecular complexity index is 2380. The van der Waals surface area contributed by atoms with Crippen LogP contribution < -0.4 is 9.47 Å². The smallest absolute Gasteiger partial charge is 0.460 e. The second-order valence-electron chi connectivity index (χ2n) is 21.7. The third kappa shape index (κ3) is 11.3. The van der Waals surface area contributed by atoms with Crippen LogP contribution in [0.5, 0.6) is 11.5 Å². The van der Waals surface area contributed by atoms with E-state index in [9.17, 15) is 79.4 Å². The topological polar surface area (TPSA) is 69.5 Å². The Balaban J connectivity index is 0.935. The van der Waals surface area contributed by atoms with E-state index in [0.717, 1.165) is 67.2 Å². The van der Waals surface area contributed by atoms with Crippen LogP contribution in [0, 0.1) is 58.0 Å². The molecule has 0 aromatic heterocycles. The molecule has 6 nitrogen and oxygen atoms in total. The summed E-state index contributed by atoms with van der Waals surface area (Å²) >= 11 is 0. The molecule has 0 saturated heterocycles. The maximum atomic E-state index is 14.9. The van der Waals surface area contributed by atoms with Gasteiger partial charge < -0.3 is 14.2 Å². The van der Waals surface area contributed by atoms with Gasteiger partial charge in [-0.25, -0.2) is 4.39 Å². The first-order valence-electron chi connectivity index (χ1n) is 25.1. The number of nitrogens with zero attached hydrogens (tertiary/aromatic N) is 2. The fourth-order valence-electron chi connectivity index (χ4n) is 12.2. The van der Waals surface area contributed by atoms with Gasteiger partial charge in [0, 0.05) is 12.8 Å². The number of benzene rings is 2. The molecule has 0 amide bonds. The summed E-state index contributed by atoms with van der Waals surface area (Å²) in [5.41, 5.74) is 0.865. The Morgan fingerprint density at radius 2 is 1.32 bits per heavy atom. The summed E-state index contributed by atoms with van der Waals surface area (Å²) in [7, 11) is 0. The van der Waals surface area contributed by atoms with E-state index in [0.29, 0.717) is 42.2 Å². The molecule has 3 fully saturated rings. The summed E-state index contributed by atoms with van der Waals surface area (Å²) in [6, 6.07) is 4.68. The highest BCUT2D eigenvalue weighted by Gasteiger charge is 2.93. The van der Waals surface area contributed by atoms with Crippen LogP contribution in [-0.4, -0.2) is 67.0 Å². The van der Waals surface area contributed by atoms with Gasteiger partial charge in [0.1, 0.15) is 17.5 Å². The molecule has 4 aliphatic rings. The minimum absolute atomic E-state index is 0.0801. The maximum absolute atomic E-state index is 14.9. The first-order chi connectivity index (χ1) is 34.6. The average molecular weight is 1100 g/mol. The van der Waals surface area contributed by atoms with Crippen molar-refractivity contribution < 1.29 is 93.6 Å². The molecule has 4 aliphatic carbocycles. The average Bonchev–Trinajstić information content (AvgIpc) is 3.68. The number of allylic oxidation sites excluding steroid dienone is 1. The van der Waals surface area contributed by atoms with Crippen LogP contribution >= 0.6 is 0 Å². The summed E-state index contributed by atoms with van der Waals surface area (Å²) in [4.78, 5) is 12.9. The van der Waals surface area contributed by atoms with E-state index in [1.807, 2.05) is 0 Å². The molecule has 0 radical (unpaired) electrons. The second-order valence-corrected chi connectivity index (χ2v) is 21.7. The quantitative estimate of drug-likeness (QED) is 0.0387. The van der Waals surface area contributed by atoms with Crippen molar-refractivity contribution in [1.82, 2.24) is 0 Å². The normalized spacial score (nSPS) is 26.4. The lowest BCUT2D eigenvalue weighted by Crippen LogP contribution is -2.73. The van der Waals surface area contributed by atoms with Gasteiger partial charge in [0.2, 0.25) is 5.82 Å². The Morgan fingerprint density at radius 1 is 0.680 bits per heavy atom. The zero-order valence-electron chi connectivity index (χ0n) is 41.8. The van der Waals surface area contributed by atoms with Gasteiger partial charge >= 0.3 is 47.7 Å². The number of fused-ring (bicyclic) bond motifs is 5. The van der Waals surface area contributed by atoms with Crippen LogP contribution in [0.2, 0.25) is 0 Å². The molecule has 23 heteroatoms. The van der Waals surface area contributed by atoms with Gasteiger partial charge in [-0.1, -0.05) is 65.5 Å². The maximum Gasteiger partial charge on any atom is 0.460 e. The van der Waals surface area contributed by atoms with Gasteiger partial charge in [-0.3, -0.25) is 4.79 Å². The molecule has 6 rings (SSSR count). The van der Waals surface area contributed by atoms with Crippen molar-refractivity contribution in [1.29, 1.82) is 0 Å². The van der Waals surface area contributed by atoms with Crippen molar-refractivity contribution in [3.05, 3.63) is 59.7 Å². The third-order valence-corrected chi connectivity index (χ3v) is 16.5. The SMILES string of the molecule is CC(C)CCC[C@@H](C)[C@H]1CC[C@H]2[C@@H]3CC=C4C[C@@H](OC(=O)CCCCOc5ccc(N=Nc6ccc(OCC(F)(F)C(F)(F)C(F)(F)C(F)(F)C(F)(F)C(F)(F)C(F)(F)F)cc6)c(F)c5F)CC[C@]4(C)[C@H]3CC[C@]12C. The lowest BCUT2D eigenvalue weighted by molar-refractivity contribution is -0.453. The van der Waals surface area contributed by atoms with Gasteiger partial charge in [-0.2, -0.15) is 75.4 Å². The molecule has 422 valence electrons. The number of hydrogen-bond acceptors (Lipinski definition) is 6. The van der Waals surface area contributed by atoms with Crippen molar-refractivity contribution in [2.75, 3.05) is 13.2 Å². The number of hydrogen-bond donors (Lipinski definition) is 0.